The summed E-state index contributed by atoms with van der Waals surface area (Å²) in [5.41, 5.74) is 6.91. The van der Waals surface area contributed by atoms with Gasteiger partial charge in [-0.25, -0.2) is 0 Å². The van der Waals surface area contributed by atoms with E-state index in [1.165, 1.54) is 4.90 Å². The van der Waals surface area contributed by atoms with Crippen LogP contribution >= 0.6 is 0 Å². The number of fused-ring (bicyclic) bond motifs is 5. The first-order valence-corrected chi connectivity index (χ1v) is 6.58. The molecule has 2 bridgehead atoms. The maximum absolute atomic E-state index is 12.5. The highest BCUT2D eigenvalue weighted by Crippen LogP contribution is 2.53. The van der Waals surface area contributed by atoms with Crippen molar-refractivity contribution in [1.29, 1.82) is 0 Å². The van der Waals surface area contributed by atoms with Crippen LogP contribution in [-0.4, -0.2) is 11.8 Å². The van der Waals surface area contributed by atoms with Crippen molar-refractivity contribution in [3.05, 3.63) is 36.4 Å². The van der Waals surface area contributed by atoms with Gasteiger partial charge in [-0.1, -0.05) is 12.2 Å². The zero-order valence-corrected chi connectivity index (χ0v) is 10.3. The summed E-state index contributed by atoms with van der Waals surface area (Å²) in [7, 11) is 0. The van der Waals surface area contributed by atoms with E-state index in [9.17, 15) is 9.59 Å². The zero-order chi connectivity index (χ0) is 13.1. The van der Waals surface area contributed by atoms with E-state index in [0.717, 1.165) is 6.42 Å². The fourth-order valence-electron chi connectivity index (χ4n) is 3.78. The van der Waals surface area contributed by atoms with Gasteiger partial charge in [0.25, 0.3) is 0 Å². The highest BCUT2D eigenvalue weighted by atomic mass is 16.2. The standard InChI is InChI=1S/C15H14N2O2/c16-10-3-5-11(6-4-10)17-14(18)12-8-1-2-9(7-8)13(12)15(17)19/h1-6,8-9,12-13H,7,16H2/t8-,9-,12-,13+/m1/s1. The van der Waals surface area contributed by atoms with Gasteiger partial charge in [-0.15, -0.1) is 0 Å². The molecule has 4 nitrogen and oxygen atoms in total. The van der Waals surface area contributed by atoms with Crippen LogP contribution in [0.1, 0.15) is 6.42 Å². The third-order valence-electron chi connectivity index (χ3n) is 4.62. The Morgan fingerprint density at radius 1 is 0.947 bits per heavy atom. The monoisotopic (exact) mass is 254 g/mol. The minimum Gasteiger partial charge on any atom is -0.399 e. The van der Waals surface area contributed by atoms with Gasteiger partial charge in [-0.3, -0.25) is 14.5 Å². The highest BCUT2D eigenvalue weighted by molar-refractivity contribution is 6.22. The predicted molar refractivity (Wildman–Crippen MR) is 71.1 cm³/mol. The number of amides is 2. The van der Waals surface area contributed by atoms with Crippen LogP contribution in [0.4, 0.5) is 11.4 Å². The first-order chi connectivity index (χ1) is 9.16. The van der Waals surface area contributed by atoms with Crippen molar-refractivity contribution < 1.29 is 9.59 Å². The van der Waals surface area contributed by atoms with Crippen LogP contribution in [0.2, 0.25) is 0 Å². The van der Waals surface area contributed by atoms with Gasteiger partial charge >= 0.3 is 0 Å². The average molecular weight is 254 g/mol. The van der Waals surface area contributed by atoms with Crippen LogP contribution in [0.15, 0.2) is 36.4 Å². The first kappa shape index (κ1) is 10.8. The van der Waals surface area contributed by atoms with Gasteiger partial charge in [0, 0.05) is 5.69 Å². The van der Waals surface area contributed by atoms with E-state index in [-0.39, 0.29) is 35.5 Å². The van der Waals surface area contributed by atoms with Crippen molar-refractivity contribution >= 4 is 23.2 Å². The molecule has 2 N–H and O–H groups in total. The molecule has 4 rings (SSSR count). The minimum absolute atomic E-state index is 0.0448. The molecule has 0 aromatic heterocycles. The summed E-state index contributed by atoms with van der Waals surface area (Å²) in [5, 5.41) is 0. The van der Waals surface area contributed by atoms with E-state index >= 15 is 0 Å². The Morgan fingerprint density at radius 3 is 2.00 bits per heavy atom. The lowest BCUT2D eigenvalue weighted by Gasteiger charge is -2.17. The lowest BCUT2D eigenvalue weighted by Crippen LogP contribution is -2.32. The Hall–Kier alpha value is -2.10. The van der Waals surface area contributed by atoms with E-state index in [4.69, 9.17) is 5.73 Å². The number of hydrogen-bond acceptors (Lipinski definition) is 3. The molecule has 1 saturated heterocycles. The van der Waals surface area contributed by atoms with Gasteiger partial charge < -0.3 is 5.73 Å². The van der Waals surface area contributed by atoms with Crippen LogP contribution in [0.5, 0.6) is 0 Å². The van der Waals surface area contributed by atoms with Crippen LogP contribution in [0.3, 0.4) is 0 Å². The van der Waals surface area contributed by atoms with Crippen molar-refractivity contribution in [2.75, 3.05) is 10.6 Å². The molecule has 1 aromatic rings. The molecule has 1 heterocycles. The summed E-state index contributed by atoms with van der Waals surface area (Å²) < 4.78 is 0. The van der Waals surface area contributed by atoms with Gasteiger partial charge in [0.15, 0.2) is 0 Å². The molecule has 0 unspecified atom stereocenters. The lowest BCUT2D eigenvalue weighted by atomic mass is 9.85. The quantitative estimate of drug-likeness (QED) is 0.470. The Kier molecular flexibility index (Phi) is 1.97. The fourth-order valence-corrected chi connectivity index (χ4v) is 3.78. The third-order valence-corrected chi connectivity index (χ3v) is 4.62. The van der Waals surface area contributed by atoms with Crippen molar-refractivity contribution in [2.45, 2.75) is 6.42 Å². The van der Waals surface area contributed by atoms with Crippen LogP contribution in [-0.2, 0) is 9.59 Å². The Labute approximate surface area is 110 Å². The van der Waals surface area contributed by atoms with Crippen LogP contribution in [0, 0.1) is 23.7 Å². The number of nitrogens with two attached hydrogens (primary N) is 1. The molecular formula is C15H14N2O2. The van der Waals surface area contributed by atoms with Crippen molar-refractivity contribution in [1.82, 2.24) is 0 Å². The number of allylic oxidation sites excluding steroid dienone is 2. The SMILES string of the molecule is Nc1ccc(N2C(=O)[C@@H]3[C@H](C2=O)[C@@H]2C=C[C@@H]3C2)cc1. The molecule has 1 saturated carbocycles. The van der Waals surface area contributed by atoms with E-state index in [0.29, 0.717) is 11.4 Å². The Morgan fingerprint density at radius 2 is 1.47 bits per heavy atom. The van der Waals surface area contributed by atoms with E-state index in [1.807, 2.05) is 0 Å². The second kappa shape index (κ2) is 3.47. The molecule has 1 aliphatic heterocycles. The predicted octanol–water partition coefficient (Wildman–Crippen LogP) is 1.58. The average Bonchev–Trinajstić information content (AvgIpc) is 3.06. The molecule has 3 aliphatic rings. The van der Waals surface area contributed by atoms with Gasteiger partial charge in [0.2, 0.25) is 11.8 Å². The maximum atomic E-state index is 12.5. The van der Waals surface area contributed by atoms with Crippen LogP contribution < -0.4 is 10.6 Å². The summed E-state index contributed by atoms with van der Waals surface area (Å²) in [6.07, 6.45) is 5.16. The summed E-state index contributed by atoms with van der Waals surface area (Å²) in [6, 6.07) is 6.91. The van der Waals surface area contributed by atoms with Crippen molar-refractivity contribution in [3.8, 4) is 0 Å². The van der Waals surface area contributed by atoms with Gasteiger partial charge in [-0.05, 0) is 42.5 Å². The Balaban J connectivity index is 1.74. The summed E-state index contributed by atoms with van der Waals surface area (Å²) in [5.74, 6) is 0.142. The number of imide groups is 1. The molecule has 19 heavy (non-hydrogen) atoms. The number of hydrogen-bond donors (Lipinski definition) is 1. The summed E-state index contributed by atoms with van der Waals surface area (Å²) in [6.45, 7) is 0. The number of carbonyl (C=O) groups excluding carboxylic acids is 2. The number of rotatable bonds is 1. The van der Waals surface area contributed by atoms with Crippen molar-refractivity contribution in [3.63, 3.8) is 0 Å². The lowest BCUT2D eigenvalue weighted by molar-refractivity contribution is -0.123. The van der Waals surface area contributed by atoms with Crippen LogP contribution in [0.25, 0.3) is 0 Å². The minimum atomic E-state index is -0.139. The second-order valence-corrected chi connectivity index (χ2v) is 5.60. The van der Waals surface area contributed by atoms with Crippen molar-refractivity contribution in [2.24, 2.45) is 23.7 Å². The van der Waals surface area contributed by atoms with Gasteiger partial charge in [0.05, 0.1) is 17.5 Å². The molecule has 2 amide bonds. The smallest absolute Gasteiger partial charge is 0.238 e. The highest BCUT2D eigenvalue weighted by Gasteiger charge is 2.59. The van der Waals surface area contributed by atoms with Gasteiger partial charge in [-0.2, -0.15) is 0 Å². The number of nitrogens with zero attached hydrogens (tertiary/aromatic N) is 1. The van der Waals surface area contributed by atoms with E-state index in [1.54, 1.807) is 24.3 Å². The van der Waals surface area contributed by atoms with Gasteiger partial charge in [0.1, 0.15) is 0 Å². The third kappa shape index (κ3) is 1.28. The molecule has 0 radical (unpaired) electrons. The second-order valence-electron chi connectivity index (χ2n) is 5.60. The number of anilines is 2. The molecule has 4 heteroatoms. The molecule has 1 aromatic carbocycles. The first-order valence-electron chi connectivity index (χ1n) is 6.58. The molecule has 0 spiro atoms. The van der Waals surface area contributed by atoms with E-state index in [2.05, 4.69) is 12.2 Å². The number of benzene rings is 1. The van der Waals surface area contributed by atoms with E-state index < -0.39 is 0 Å². The fraction of sp³-hybridized carbons (Fsp3) is 0.333. The number of nitrogen functional groups attached to an aromatic ring is 1. The molecule has 4 atom stereocenters. The normalized spacial score (nSPS) is 35.3. The largest absolute Gasteiger partial charge is 0.399 e. The molecule has 2 aliphatic carbocycles. The Bertz CT molecular complexity index is 575. The topological polar surface area (TPSA) is 63.4 Å². The maximum Gasteiger partial charge on any atom is 0.238 e. The molecule has 96 valence electrons. The molecule has 2 fully saturated rings. The molecular weight excluding hydrogens is 240 g/mol. The number of carbonyl (C=O) groups is 2. The summed E-state index contributed by atoms with van der Waals surface area (Å²) in [4.78, 5) is 26.4. The summed E-state index contributed by atoms with van der Waals surface area (Å²) >= 11 is 0. The zero-order valence-electron chi connectivity index (χ0n) is 10.3.